The molecule has 0 N–H and O–H groups in total. The summed E-state index contributed by atoms with van der Waals surface area (Å²) in [4.78, 5) is 11.4. The van der Waals surface area contributed by atoms with Crippen LogP contribution in [0.1, 0.15) is 71.1 Å². The number of hydrogen-bond donors (Lipinski definition) is 0. The third-order valence-corrected chi connectivity index (χ3v) is 3.16. The molecule has 0 fully saturated rings. The summed E-state index contributed by atoms with van der Waals surface area (Å²) in [6.45, 7) is 3.20. The third-order valence-electron chi connectivity index (χ3n) is 3.16. The first-order chi connectivity index (χ1) is 9.81. The van der Waals surface area contributed by atoms with E-state index in [1.165, 1.54) is 44.9 Å². The van der Waals surface area contributed by atoms with Gasteiger partial charge in [0.15, 0.2) is 0 Å². The molecule has 0 aliphatic rings. The largest absolute Gasteiger partial charge is 0.463 e. The van der Waals surface area contributed by atoms with Crippen LogP contribution in [0.4, 0.5) is 0 Å². The van der Waals surface area contributed by atoms with Gasteiger partial charge in [0, 0.05) is 6.42 Å². The molecule has 0 unspecified atom stereocenters. The number of terminal acetylenes is 1. The average molecular weight is 282 g/mol. The summed E-state index contributed by atoms with van der Waals surface area (Å²) in [7, 11) is 0. The molecule has 3 nitrogen and oxygen atoms in total. The lowest BCUT2D eigenvalue weighted by molar-refractivity contribution is -0.145. The van der Waals surface area contributed by atoms with Gasteiger partial charge >= 0.3 is 5.97 Å². The summed E-state index contributed by atoms with van der Waals surface area (Å²) in [6, 6.07) is 0. The second kappa shape index (κ2) is 16.0. The maximum atomic E-state index is 11.4. The van der Waals surface area contributed by atoms with E-state index in [2.05, 4.69) is 12.8 Å². The van der Waals surface area contributed by atoms with Gasteiger partial charge in [0.25, 0.3) is 0 Å². The van der Waals surface area contributed by atoms with Crippen molar-refractivity contribution in [3.8, 4) is 12.3 Å². The zero-order chi connectivity index (χ0) is 14.9. The van der Waals surface area contributed by atoms with Gasteiger partial charge in [0.05, 0.1) is 6.61 Å². The lowest BCUT2D eigenvalue weighted by Gasteiger charge is -2.05. The van der Waals surface area contributed by atoms with Crippen molar-refractivity contribution >= 4 is 5.97 Å². The number of carbonyl (C=O) groups is 1. The van der Waals surface area contributed by atoms with Crippen molar-refractivity contribution in [2.75, 3.05) is 19.8 Å². The number of carbonyl (C=O) groups excluding carboxylic acids is 1. The number of hydrogen-bond acceptors (Lipinski definition) is 3. The first-order valence-corrected chi connectivity index (χ1v) is 7.98. The molecule has 0 bridgehead atoms. The number of ether oxygens (including phenoxy) is 2. The molecule has 0 aromatic heterocycles. The van der Waals surface area contributed by atoms with Gasteiger partial charge in [-0.15, -0.1) is 6.42 Å². The zero-order valence-electron chi connectivity index (χ0n) is 13.0. The molecule has 116 valence electrons. The van der Waals surface area contributed by atoms with Crippen molar-refractivity contribution < 1.29 is 14.3 Å². The number of esters is 1. The summed E-state index contributed by atoms with van der Waals surface area (Å²) in [5, 5.41) is 0. The van der Waals surface area contributed by atoms with Crippen LogP contribution >= 0.6 is 0 Å². The second-order valence-electron chi connectivity index (χ2n) is 5.06. The Morgan fingerprint density at radius 1 is 0.950 bits per heavy atom. The molecule has 0 aromatic rings. The molecule has 0 aromatic carbocycles. The van der Waals surface area contributed by atoms with Crippen molar-refractivity contribution in [3.63, 3.8) is 0 Å². The lowest BCUT2D eigenvalue weighted by Crippen LogP contribution is -2.10. The summed E-state index contributed by atoms with van der Waals surface area (Å²) < 4.78 is 10.0. The molecule has 0 spiro atoms. The molecule has 0 aliphatic carbocycles. The third kappa shape index (κ3) is 15.0. The van der Waals surface area contributed by atoms with Crippen LogP contribution in [0.5, 0.6) is 0 Å². The van der Waals surface area contributed by atoms with E-state index in [1.54, 1.807) is 0 Å². The fourth-order valence-corrected chi connectivity index (χ4v) is 2.00. The highest BCUT2D eigenvalue weighted by Gasteiger charge is 2.02. The van der Waals surface area contributed by atoms with Crippen LogP contribution in [0.3, 0.4) is 0 Å². The molecule has 0 saturated heterocycles. The normalized spacial score (nSPS) is 10.2. The van der Waals surface area contributed by atoms with E-state index in [9.17, 15) is 4.79 Å². The Kier molecular flexibility index (Phi) is 15.2. The van der Waals surface area contributed by atoms with Gasteiger partial charge in [-0.1, -0.05) is 64.2 Å². The van der Waals surface area contributed by atoms with Gasteiger partial charge < -0.3 is 9.47 Å². The van der Waals surface area contributed by atoms with E-state index < -0.39 is 0 Å². The van der Waals surface area contributed by atoms with Crippen LogP contribution in [0.25, 0.3) is 0 Å². The molecule has 0 atom stereocenters. The first kappa shape index (κ1) is 19.0. The van der Waals surface area contributed by atoms with Gasteiger partial charge in [0.1, 0.15) is 13.2 Å². The smallest absolute Gasteiger partial charge is 0.305 e. The maximum Gasteiger partial charge on any atom is 0.305 e. The lowest BCUT2D eigenvalue weighted by atomic mass is 10.1. The van der Waals surface area contributed by atoms with E-state index in [0.29, 0.717) is 19.6 Å². The van der Waals surface area contributed by atoms with E-state index in [1.807, 2.05) is 0 Å². The van der Waals surface area contributed by atoms with Crippen molar-refractivity contribution in [2.24, 2.45) is 0 Å². The minimum absolute atomic E-state index is 0.128. The summed E-state index contributed by atoms with van der Waals surface area (Å²) in [5.41, 5.74) is 0. The monoisotopic (exact) mass is 282 g/mol. The zero-order valence-corrected chi connectivity index (χ0v) is 13.0. The van der Waals surface area contributed by atoms with Gasteiger partial charge in [-0.05, 0) is 6.42 Å². The summed E-state index contributed by atoms with van der Waals surface area (Å²) >= 11 is 0. The van der Waals surface area contributed by atoms with E-state index in [0.717, 1.165) is 12.8 Å². The van der Waals surface area contributed by atoms with Crippen LogP contribution < -0.4 is 0 Å². The van der Waals surface area contributed by atoms with E-state index in [4.69, 9.17) is 15.9 Å². The highest BCUT2D eigenvalue weighted by atomic mass is 16.6. The minimum atomic E-state index is -0.128. The molecule has 20 heavy (non-hydrogen) atoms. The van der Waals surface area contributed by atoms with Crippen LogP contribution in [0.2, 0.25) is 0 Å². The van der Waals surface area contributed by atoms with Crippen LogP contribution in [0, 0.1) is 12.3 Å². The van der Waals surface area contributed by atoms with Crippen molar-refractivity contribution in [3.05, 3.63) is 0 Å². The quantitative estimate of drug-likeness (QED) is 0.273. The molecule has 0 rings (SSSR count). The highest BCUT2D eigenvalue weighted by molar-refractivity contribution is 5.69. The topological polar surface area (TPSA) is 35.5 Å². The van der Waals surface area contributed by atoms with Crippen molar-refractivity contribution in [1.82, 2.24) is 0 Å². The van der Waals surface area contributed by atoms with Gasteiger partial charge in [-0.3, -0.25) is 4.79 Å². The van der Waals surface area contributed by atoms with Gasteiger partial charge in [-0.2, -0.15) is 0 Å². The molecular formula is C17H30O3. The van der Waals surface area contributed by atoms with Gasteiger partial charge in [0.2, 0.25) is 0 Å². The number of unbranched alkanes of at least 4 members (excludes halogenated alkanes) is 8. The Balaban J connectivity index is 3.13. The molecule has 0 amide bonds. The molecule has 0 heterocycles. The Morgan fingerprint density at radius 2 is 1.55 bits per heavy atom. The summed E-state index contributed by atoms with van der Waals surface area (Å²) in [5.74, 6) is 2.24. The molecular weight excluding hydrogens is 252 g/mol. The Morgan fingerprint density at radius 3 is 2.15 bits per heavy atom. The minimum Gasteiger partial charge on any atom is -0.463 e. The molecule has 0 aliphatic heterocycles. The fourth-order valence-electron chi connectivity index (χ4n) is 2.00. The Bertz CT molecular complexity index is 255. The SMILES string of the molecule is C#CCOCCOC(=O)CCCCCCCCCCC. The van der Waals surface area contributed by atoms with E-state index in [-0.39, 0.29) is 12.6 Å². The standard InChI is InChI=1S/C17H30O3/c1-3-5-6-7-8-9-10-11-12-13-17(18)20-16-15-19-14-4-2/h2H,3,5-16H2,1H3. The second-order valence-corrected chi connectivity index (χ2v) is 5.06. The first-order valence-electron chi connectivity index (χ1n) is 7.98. The maximum absolute atomic E-state index is 11.4. The fraction of sp³-hybridized carbons (Fsp3) is 0.824. The molecule has 0 saturated carbocycles. The number of rotatable bonds is 14. The molecule has 3 heteroatoms. The van der Waals surface area contributed by atoms with Crippen LogP contribution in [0.15, 0.2) is 0 Å². The predicted molar refractivity (Wildman–Crippen MR) is 82.5 cm³/mol. The predicted octanol–water partition coefficient (Wildman–Crippen LogP) is 4.10. The molecule has 0 radical (unpaired) electrons. The Labute approximate surface area is 124 Å². The van der Waals surface area contributed by atoms with Crippen LogP contribution in [-0.2, 0) is 14.3 Å². The van der Waals surface area contributed by atoms with Crippen molar-refractivity contribution in [1.29, 1.82) is 0 Å². The van der Waals surface area contributed by atoms with E-state index >= 15 is 0 Å². The van der Waals surface area contributed by atoms with Crippen molar-refractivity contribution in [2.45, 2.75) is 71.1 Å². The Hall–Kier alpha value is -1.01. The highest BCUT2D eigenvalue weighted by Crippen LogP contribution is 2.10. The van der Waals surface area contributed by atoms with Gasteiger partial charge in [-0.25, -0.2) is 0 Å². The van der Waals surface area contributed by atoms with Crippen LogP contribution in [-0.4, -0.2) is 25.8 Å². The summed E-state index contributed by atoms with van der Waals surface area (Å²) in [6.07, 6.45) is 16.8. The average Bonchev–Trinajstić information content (AvgIpc) is 2.45.